The van der Waals surface area contributed by atoms with Gasteiger partial charge in [-0.15, -0.1) is 10.2 Å². The van der Waals surface area contributed by atoms with Gasteiger partial charge in [-0.25, -0.2) is 4.39 Å². The molecule has 0 fully saturated rings. The number of ketones is 1. The van der Waals surface area contributed by atoms with Crippen LogP contribution in [0.3, 0.4) is 0 Å². The first kappa shape index (κ1) is 17.1. The van der Waals surface area contributed by atoms with Crippen LogP contribution < -0.4 is 4.90 Å². The van der Waals surface area contributed by atoms with E-state index in [0.29, 0.717) is 21.7 Å². The summed E-state index contributed by atoms with van der Waals surface area (Å²) >= 11 is 7.21. The van der Waals surface area contributed by atoms with Gasteiger partial charge >= 0.3 is 0 Å². The van der Waals surface area contributed by atoms with Gasteiger partial charge in [0, 0.05) is 29.4 Å². The lowest BCUT2D eigenvalue weighted by atomic mass is 10.1. The first-order valence-electron chi connectivity index (χ1n) is 8.00. The SMILES string of the molecule is O=C(CSc1nnc2n1CCN2c1ccc(F)cc1)c1ccc(Cl)cc1. The van der Waals surface area contributed by atoms with Gasteiger partial charge in [-0.3, -0.25) is 9.36 Å². The van der Waals surface area contributed by atoms with Gasteiger partial charge in [0.1, 0.15) is 5.82 Å². The third-order valence-corrected chi connectivity index (χ3v) is 5.34. The maximum absolute atomic E-state index is 13.1. The number of hydrogen-bond donors (Lipinski definition) is 0. The number of Topliss-reactive ketones (excluding diaryl/α,β-unsaturated/α-hetero) is 1. The monoisotopic (exact) mass is 388 g/mol. The number of anilines is 2. The Morgan fingerprint density at radius 1 is 1.08 bits per heavy atom. The van der Waals surface area contributed by atoms with Gasteiger partial charge < -0.3 is 4.90 Å². The van der Waals surface area contributed by atoms with Gasteiger partial charge in [0.25, 0.3) is 0 Å². The van der Waals surface area contributed by atoms with Crippen molar-refractivity contribution < 1.29 is 9.18 Å². The second-order valence-electron chi connectivity index (χ2n) is 5.78. The molecule has 8 heteroatoms. The predicted octanol–water partition coefficient (Wildman–Crippen LogP) is 4.20. The molecular weight excluding hydrogens is 375 g/mol. The second-order valence-corrected chi connectivity index (χ2v) is 7.16. The van der Waals surface area contributed by atoms with E-state index < -0.39 is 0 Å². The van der Waals surface area contributed by atoms with E-state index in [-0.39, 0.29) is 17.4 Å². The van der Waals surface area contributed by atoms with E-state index in [0.717, 1.165) is 18.8 Å². The Kier molecular flexibility index (Phi) is 4.65. The highest BCUT2D eigenvalue weighted by atomic mass is 35.5. The number of benzene rings is 2. The van der Waals surface area contributed by atoms with Crippen LogP contribution in [0.25, 0.3) is 0 Å². The molecule has 1 aromatic heterocycles. The predicted molar refractivity (Wildman–Crippen MR) is 99.9 cm³/mol. The Morgan fingerprint density at radius 3 is 2.54 bits per heavy atom. The molecule has 0 spiro atoms. The third-order valence-electron chi connectivity index (χ3n) is 4.12. The second kappa shape index (κ2) is 7.09. The normalized spacial score (nSPS) is 13.1. The summed E-state index contributed by atoms with van der Waals surface area (Å²) in [5, 5.41) is 9.74. The fourth-order valence-corrected chi connectivity index (χ4v) is 3.78. The molecule has 5 nitrogen and oxygen atoms in total. The van der Waals surface area contributed by atoms with Crippen LogP contribution in [0.4, 0.5) is 16.0 Å². The number of hydrogen-bond acceptors (Lipinski definition) is 5. The van der Waals surface area contributed by atoms with Crippen LogP contribution in [0.2, 0.25) is 5.02 Å². The van der Waals surface area contributed by atoms with Crippen molar-refractivity contribution in [3.63, 3.8) is 0 Å². The van der Waals surface area contributed by atoms with Crippen LogP contribution in [0, 0.1) is 5.82 Å². The maximum Gasteiger partial charge on any atom is 0.232 e. The van der Waals surface area contributed by atoms with Crippen LogP contribution in [0.15, 0.2) is 53.7 Å². The van der Waals surface area contributed by atoms with Crippen molar-refractivity contribution in [1.29, 1.82) is 0 Å². The molecule has 2 aromatic carbocycles. The van der Waals surface area contributed by atoms with Crippen molar-refractivity contribution in [3.05, 3.63) is 64.9 Å². The molecule has 3 aromatic rings. The highest BCUT2D eigenvalue weighted by Gasteiger charge is 2.26. The molecule has 132 valence electrons. The van der Waals surface area contributed by atoms with E-state index in [1.165, 1.54) is 23.9 Å². The number of nitrogens with zero attached hydrogens (tertiary/aromatic N) is 4. The number of thioether (sulfide) groups is 1. The molecule has 0 amide bonds. The van der Waals surface area contributed by atoms with Crippen molar-refractivity contribution >= 4 is 40.8 Å². The van der Waals surface area contributed by atoms with Crippen molar-refractivity contribution in [2.45, 2.75) is 11.7 Å². The van der Waals surface area contributed by atoms with E-state index >= 15 is 0 Å². The Bertz CT molecular complexity index is 943. The highest BCUT2D eigenvalue weighted by molar-refractivity contribution is 7.99. The quantitative estimate of drug-likeness (QED) is 0.484. The largest absolute Gasteiger partial charge is 0.309 e. The first-order valence-corrected chi connectivity index (χ1v) is 9.36. The van der Waals surface area contributed by atoms with E-state index in [2.05, 4.69) is 10.2 Å². The molecule has 0 atom stereocenters. The molecular formula is C18H14ClFN4OS. The fourth-order valence-electron chi connectivity index (χ4n) is 2.80. The molecule has 1 aliphatic rings. The molecule has 0 unspecified atom stereocenters. The standard InChI is InChI=1S/C18H14ClFN4OS/c19-13-3-1-12(2-4-13)16(25)11-26-18-22-21-17-23(9-10-24(17)18)15-7-5-14(20)6-8-15/h1-8H,9-11H2. The summed E-state index contributed by atoms with van der Waals surface area (Å²) < 4.78 is 15.1. The smallest absolute Gasteiger partial charge is 0.232 e. The summed E-state index contributed by atoms with van der Waals surface area (Å²) in [4.78, 5) is 14.3. The van der Waals surface area contributed by atoms with Gasteiger partial charge in [0.15, 0.2) is 10.9 Å². The van der Waals surface area contributed by atoms with E-state index in [1.54, 1.807) is 36.4 Å². The van der Waals surface area contributed by atoms with Gasteiger partial charge in [0.05, 0.1) is 5.75 Å². The molecule has 0 saturated heterocycles. The average molecular weight is 389 g/mol. The minimum Gasteiger partial charge on any atom is -0.309 e. The fraction of sp³-hybridized carbons (Fsp3) is 0.167. The zero-order valence-corrected chi connectivity index (χ0v) is 15.2. The Hall–Kier alpha value is -2.38. The molecule has 1 aliphatic heterocycles. The zero-order chi connectivity index (χ0) is 18.1. The molecule has 4 rings (SSSR count). The van der Waals surface area contributed by atoms with E-state index in [4.69, 9.17) is 11.6 Å². The minimum absolute atomic E-state index is 0.0115. The third kappa shape index (κ3) is 3.32. The molecule has 2 heterocycles. The van der Waals surface area contributed by atoms with Crippen LogP contribution in [-0.4, -0.2) is 32.8 Å². The number of aromatic nitrogens is 3. The molecule has 0 saturated carbocycles. The summed E-state index contributed by atoms with van der Waals surface area (Å²) in [7, 11) is 0. The lowest BCUT2D eigenvalue weighted by molar-refractivity contribution is 0.102. The summed E-state index contributed by atoms with van der Waals surface area (Å²) in [6.45, 7) is 1.45. The summed E-state index contributed by atoms with van der Waals surface area (Å²) in [5.74, 6) is 0.720. The summed E-state index contributed by atoms with van der Waals surface area (Å²) in [6.07, 6.45) is 0. The molecule has 0 aliphatic carbocycles. The molecule has 0 N–H and O–H groups in total. The number of halogens is 2. The lowest BCUT2D eigenvalue weighted by Gasteiger charge is -2.14. The lowest BCUT2D eigenvalue weighted by Crippen LogP contribution is -2.14. The van der Waals surface area contributed by atoms with Crippen LogP contribution in [0.1, 0.15) is 10.4 Å². The molecule has 26 heavy (non-hydrogen) atoms. The maximum atomic E-state index is 13.1. The number of rotatable bonds is 5. The summed E-state index contributed by atoms with van der Waals surface area (Å²) in [6, 6.07) is 13.1. The number of fused-ring (bicyclic) bond motifs is 1. The Morgan fingerprint density at radius 2 is 1.81 bits per heavy atom. The average Bonchev–Trinajstić information content (AvgIpc) is 3.23. The van der Waals surface area contributed by atoms with Crippen LogP contribution in [-0.2, 0) is 6.54 Å². The minimum atomic E-state index is -0.272. The highest BCUT2D eigenvalue weighted by Crippen LogP contribution is 2.32. The van der Waals surface area contributed by atoms with Crippen molar-refractivity contribution in [1.82, 2.24) is 14.8 Å². The van der Waals surface area contributed by atoms with E-state index in [9.17, 15) is 9.18 Å². The zero-order valence-electron chi connectivity index (χ0n) is 13.6. The molecule has 0 radical (unpaired) electrons. The Balaban J connectivity index is 1.47. The van der Waals surface area contributed by atoms with Gasteiger partial charge in [0.2, 0.25) is 5.95 Å². The van der Waals surface area contributed by atoms with Gasteiger partial charge in [-0.05, 0) is 48.5 Å². The van der Waals surface area contributed by atoms with Crippen molar-refractivity contribution in [2.24, 2.45) is 0 Å². The van der Waals surface area contributed by atoms with E-state index in [1.807, 2.05) is 9.47 Å². The number of carbonyl (C=O) groups excluding carboxylic acids is 1. The Labute approximate surface area is 158 Å². The van der Waals surface area contributed by atoms with Crippen molar-refractivity contribution in [2.75, 3.05) is 17.2 Å². The first-order chi connectivity index (χ1) is 12.6. The molecule has 0 bridgehead atoms. The van der Waals surface area contributed by atoms with Gasteiger partial charge in [-0.2, -0.15) is 0 Å². The van der Waals surface area contributed by atoms with Gasteiger partial charge in [-0.1, -0.05) is 23.4 Å². The topological polar surface area (TPSA) is 51.0 Å². The number of carbonyl (C=O) groups is 1. The van der Waals surface area contributed by atoms with Crippen LogP contribution >= 0.6 is 23.4 Å². The summed E-state index contributed by atoms with van der Waals surface area (Å²) in [5.41, 5.74) is 1.49. The van der Waals surface area contributed by atoms with Crippen molar-refractivity contribution in [3.8, 4) is 0 Å². The van der Waals surface area contributed by atoms with Crippen LogP contribution in [0.5, 0.6) is 0 Å².